The first-order valence-corrected chi connectivity index (χ1v) is 10.1. The summed E-state index contributed by atoms with van der Waals surface area (Å²) in [6.07, 6.45) is 0. The predicted octanol–water partition coefficient (Wildman–Crippen LogP) is 4.17. The van der Waals surface area contributed by atoms with Crippen LogP contribution < -0.4 is 0 Å². The van der Waals surface area contributed by atoms with E-state index in [4.69, 9.17) is 0 Å². The summed E-state index contributed by atoms with van der Waals surface area (Å²) in [5.74, 6) is -0.0228. The van der Waals surface area contributed by atoms with E-state index in [9.17, 15) is 9.00 Å². The zero-order valence-electron chi connectivity index (χ0n) is 15.4. The topological polar surface area (TPSA) is 37.4 Å². The Kier molecular flexibility index (Phi) is 6.94. The van der Waals surface area contributed by atoms with Gasteiger partial charge in [0, 0.05) is 22.9 Å². The van der Waals surface area contributed by atoms with Gasteiger partial charge in [-0.15, -0.1) is 0 Å². The molecule has 0 heterocycles. The monoisotopic (exact) mass is 357 g/mol. The van der Waals surface area contributed by atoms with Crippen molar-refractivity contribution in [3.05, 3.63) is 71.8 Å². The molecule has 1 atom stereocenters. The van der Waals surface area contributed by atoms with Crippen molar-refractivity contribution in [2.24, 2.45) is 0 Å². The summed E-state index contributed by atoms with van der Waals surface area (Å²) in [5.41, 5.74) is 1.95. The third-order valence-corrected chi connectivity index (χ3v) is 5.74. The number of hydrogen-bond donors (Lipinski definition) is 0. The van der Waals surface area contributed by atoms with Gasteiger partial charge in [0.1, 0.15) is 5.75 Å². The molecule has 25 heavy (non-hydrogen) atoms. The maximum Gasteiger partial charge on any atom is 0.235 e. The predicted molar refractivity (Wildman–Crippen MR) is 105 cm³/mol. The van der Waals surface area contributed by atoms with Gasteiger partial charge in [-0.3, -0.25) is 9.00 Å². The van der Waals surface area contributed by atoms with Crippen molar-refractivity contribution in [1.82, 2.24) is 4.90 Å². The molecule has 0 aliphatic carbocycles. The summed E-state index contributed by atoms with van der Waals surface area (Å²) in [6.45, 7) is 7.97. The molecule has 0 saturated heterocycles. The molecular weight excluding hydrogens is 330 g/mol. The fraction of sp³-hybridized carbons (Fsp3) is 0.381. The highest BCUT2D eigenvalue weighted by Crippen LogP contribution is 2.28. The summed E-state index contributed by atoms with van der Waals surface area (Å²) >= 11 is 0. The normalized spacial score (nSPS) is 12.6. The van der Waals surface area contributed by atoms with Crippen molar-refractivity contribution in [3.63, 3.8) is 0 Å². The van der Waals surface area contributed by atoms with Crippen LogP contribution in [0.1, 0.15) is 44.1 Å². The van der Waals surface area contributed by atoms with Crippen LogP contribution in [0.5, 0.6) is 0 Å². The molecule has 3 nitrogen and oxygen atoms in total. The van der Waals surface area contributed by atoms with Crippen LogP contribution in [0.15, 0.2) is 60.7 Å². The molecule has 134 valence electrons. The van der Waals surface area contributed by atoms with Gasteiger partial charge in [-0.25, -0.2) is 0 Å². The van der Waals surface area contributed by atoms with E-state index in [1.165, 1.54) is 0 Å². The fourth-order valence-corrected chi connectivity index (χ4v) is 4.68. The molecule has 0 aromatic heterocycles. The van der Waals surface area contributed by atoms with Crippen LogP contribution in [-0.2, 0) is 15.6 Å². The van der Waals surface area contributed by atoms with Crippen LogP contribution in [-0.4, -0.2) is 32.9 Å². The molecule has 2 aromatic carbocycles. The summed E-state index contributed by atoms with van der Waals surface area (Å²) in [6, 6.07) is 19.7. The van der Waals surface area contributed by atoms with Crippen molar-refractivity contribution < 1.29 is 9.00 Å². The van der Waals surface area contributed by atoms with Crippen LogP contribution in [0.2, 0.25) is 0 Å². The van der Waals surface area contributed by atoms with E-state index in [0.29, 0.717) is 0 Å². The third kappa shape index (κ3) is 5.02. The lowest BCUT2D eigenvalue weighted by Gasteiger charge is -2.31. The largest absolute Gasteiger partial charge is 0.337 e. The minimum atomic E-state index is -1.33. The summed E-state index contributed by atoms with van der Waals surface area (Å²) in [7, 11) is -1.33. The highest BCUT2D eigenvalue weighted by atomic mass is 32.2. The second-order valence-corrected chi connectivity index (χ2v) is 8.24. The Hall–Kier alpha value is -1.94. The second kappa shape index (κ2) is 8.95. The Morgan fingerprint density at radius 2 is 1.24 bits per heavy atom. The van der Waals surface area contributed by atoms with Crippen LogP contribution >= 0.6 is 0 Å². The first-order valence-electron chi connectivity index (χ1n) is 8.70. The minimum Gasteiger partial charge on any atom is -0.337 e. The number of benzene rings is 2. The Labute approximate surface area is 153 Å². The van der Waals surface area contributed by atoms with Gasteiger partial charge >= 0.3 is 0 Å². The Morgan fingerprint density at radius 1 is 0.840 bits per heavy atom. The van der Waals surface area contributed by atoms with Crippen LogP contribution in [0.4, 0.5) is 0 Å². The van der Waals surface area contributed by atoms with E-state index in [-0.39, 0.29) is 29.0 Å². The van der Waals surface area contributed by atoms with Crippen molar-refractivity contribution in [1.29, 1.82) is 0 Å². The molecular formula is C21H27NO2S. The maximum absolute atomic E-state index is 13.2. The molecule has 1 amide bonds. The quantitative estimate of drug-likeness (QED) is 0.746. The lowest BCUT2D eigenvalue weighted by Crippen LogP contribution is -2.44. The SMILES string of the molecule is CC(C)N(C(=O)CS(=O)C(c1ccccc1)c1ccccc1)C(C)C. The number of hydrogen-bond acceptors (Lipinski definition) is 2. The summed E-state index contributed by atoms with van der Waals surface area (Å²) < 4.78 is 13.2. The van der Waals surface area contributed by atoms with Crippen molar-refractivity contribution in [2.75, 3.05) is 5.75 Å². The Balaban J connectivity index is 2.29. The van der Waals surface area contributed by atoms with Crippen LogP contribution in [0, 0.1) is 0 Å². The molecule has 4 heteroatoms. The zero-order valence-corrected chi connectivity index (χ0v) is 16.2. The first-order chi connectivity index (χ1) is 11.9. The van der Waals surface area contributed by atoms with E-state index < -0.39 is 10.8 Å². The molecule has 0 fully saturated rings. The van der Waals surface area contributed by atoms with E-state index in [2.05, 4.69) is 0 Å². The number of carbonyl (C=O) groups excluding carboxylic acids is 1. The van der Waals surface area contributed by atoms with Crippen LogP contribution in [0.25, 0.3) is 0 Å². The lowest BCUT2D eigenvalue weighted by atomic mass is 10.0. The van der Waals surface area contributed by atoms with Gasteiger partial charge in [-0.2, -0.15) is 0 Å². The zero-order chi connectivity index (χ0) is 18.4. The fourth-order valence-electron chi connectivity index (χ4n) is 3.20. The maximum atomic E-state index is 13.2. The van der Waals surface area contributed by atoms with E-state index in [1.807, 2.05) is 93.3 Å². The molecule has 0 aliphatic heterocycles. The Bertz CT molecular complexity index is 651. The molecule has 0 N–H and O–H groups in total. The molecule has 0 spiro atoms. The molecule has 2 rings (SSSR count). The van der Waals surface area contributed by atoms with E-state index in [0.717, 1.165) is 11.1 Å². The lowest BCUT2D eigenvalue weighted by molar-refractivity contribution is -0.131. The first kappa shape index (κ1) is 19.4. The van der Waals surface area contributed by atoms with E-state index in [1.54, 1.807) is 0 Å². The van der Waals surface area contributed by atoms with Crippen molar-refractivity contribution >= 4 is 16.7 Å². The standard InChI is InChI=1S/C21H27NO2S/c1-16(2)22(17(3)4)20(23)15-25(24)21(18-11-7-5-8-12-18)19-13-9-6-10-14-19/h5-14,16-17,21H,15H2,1-4H3. The highest BCUT2D eigenvalue weighted by Gasteiger charge is 2.27. The summed E-state index contributed by atoms with van der Waals surface area (Å²) in [4.78, 5) is 14.5. The molecule has 0 aliphatic rings. The van der Waals surface area contributed by atoms with Gasteiger partial charge in [-0.05, 0) is 38.8 Å². The third-order valence-electron chi connectivity index (χ3n) is 4.13. The van der Waals surface area contributed by atoms with Crippen molar-refractivity contribution in [2.45, 2.75) is 45.0 Å². The average molecular weight is 358 g/mol. The molecule has 1 unspecified atom stereocenters. The van der Waals surface area contributed by atoms with Gasteiger partial charge < -0.3 is 4.90 Å². The van der Waals surface area contributed by atoms with Gasteiger partial charge in [0.15, 0.2) is 0 Å². The Morgan fingerprint density at radius 3 is 1.60 bits per heavy atom. The van der Waals surface area contributed by atoms with Gasteiger partial charge in [0.25, 0.3) is 0 Å². The molecule has 2 aromatic rings. The molecule has 0 radical (unpaired) electrons. The molecule has 0 saturated carbocycles. The molecule has 0 bridgehead atoms. The second-order valence-electron chi connectivity index (χ2n) is 6.71. The van der Waals surface area contributed by atoms with E-state index >= 15 is 0 Å². The van der Waals surface area contributed by atoms with Gasteiger partial charge in [0.05, 0.1) is 5.25 Å². The number of amides is 1. The minimum absolute atomic E-state index is 0.0326. The van der Waals surface area contributed by atoms with Crippen molar-refractivity contribution in [3.8, 4) is 0 Å². The van der Waals surface area contributed by atoms with Gasteiger partial charge in [0.2, 0.25) is 5.91 Å². The summed E-state index contributed by atoms with van der Waals surface area (Å²) in [5, 5.41) is -0.299. The number of rotatable bonds is 7. The highest BCUT2D eigenvalue weighted by molar-refractivity contribution is 7.86. The van der Waals surface area contributed by atoms with Gasteiger partial charge in [-0.1, -0.05) is 60.7 Å². The number of carbonyl (C=O) groups is 1. The smallest absolute Gasteiger partial charge is 0.235 e. The van der Waals surface area contributed by atoms with Crippen LogP contribution in [0.3, 0.4) is 0 Å². The number of nitrogens with zero attached hydrogens (tertiary/aromatic N) is 1. The average Bonchev–Trinajstić information content (AvgIpc) is 2.56.